The minimum atomic E-state index is 0.219. The van der Waals surface area contributed by atoms with Crippen LogP contribution in [0, 0.1) is 0 Å². The summed E-state index contributed by atoms with van der Waals surface area (Å²) in [5, 5.41) is 0.644. The zero-order chi connectivity index (χ0) is 13.0. The Morgan fingerprint density at radius 1 is 1.22 bits per heavy atom. The van der Waals surface area contributed by atoms with Gasteiger partial charge in [-0.3, -0.25) is 0 Å². The van der Waals surface area contributed by atoms with Gasteiger partial charge >= 0.3 is 0 Å². The van der Waals surface area contributed by atoms with Crippen molar-refractivity contribution in [1.82, 2.24) is 4.98 Å². The Kier molecular flexibility index (Phi) is 4.20. The van der Waals surface area contributed by atoms with E-state index in [0.29, 0.717) is 5.13 Å². The number of aromatic nitrogens is 1. The zero-order valence-corrected chi connectivity index (χ0v) is 11.5. The van der Waals surface area contributed by atoms with Crippen molar-refractivity contribution in [2.45, 2.75) is 32.8 Å². The second-order valence-corrected chi connectivity index (χ2v) is 5.62. The van der Waals surface area contributed by atoms with Crippen molar-refractivity contribution in [2.24, 2.45) is 0 Å². The minimum Gasteiger partial charge on any atom is -0.491 e. The summed E-state index contributed by atoms with van der Waals surface area (Å²) >= 11 is 1.56. The van der Waals surface area contributed by atoms with Gasteiger partial charge in [0, 0.05) is 11.1 Å². The van der Waals surface area contributed by atoms with Gasteiger partial charge in [0.15, 0.2) is 5.13 Å². The van der Waals surface area contributed by atoms with E-state index in [1.54, 1.807) is 11.3 Å². The first kappa shape index (κ1) is 12.9. The van der Waals surface area contributed by atoms with Crippen LogP contribution in [-0.2, 0) is 12.8 Å². The molecule has 1 heterocycles. The SMILES string of the molecule is CC(C)Oc1ccc(CCc2cnc(N)s2)cc1. The number of nitrogens with zero attached hydrogens (tertiary/aromatic N) is 1. The van der Waals surface area contributed by atoms with Crippen LogP contribution in [-0.4, -0.2) is 11.1 Å². The van der Waals surface area contributed by atoms with Crippen molar-refractivity contribution in [2.75, 3.05) is 5.73 Å². The summed E-state index contributed by atoms with van der Waals surface area (Å²) in [5.74, 6) is 0.927. The van der Waals surface area contributed by atoms with Gasteiger partial charge in [0.05, 0.1) is 6.10 Å². The maximum atomic E-state index is 5.61. The fourth-order valence-corrected chi connectivity index (χ4v) is 2.40. The Morgan fingerprint density at radius 2 is 1.94 bits per heavy atom. The molecular weight excluding hydrogens is 244 g/mol. The highest BCUT2D eigenvalue weighted by atomic mass is 32.1. The first-order valence-electron chi connectivity index (χ1n) is 6.09. The monoisotopic (exact) mass is 262 g/mol. The number of nitrogen functional groups attached to an aromatic ring is 1. The Labute approximate surface area is 112 Å². The third-order valence-corrected chi connectivity index (χ3v) is 3.41. The summed E-state index contributed by atoms with van der Waals surface area (Å²) in [5.41, 5.74) is 6.91. The molecule has 2 aromatic rings. The molecule has 0 aliphatic rings. The standard InChI is InChI=1S/C14H18N2OS/c1-10(2)17-12-6-3-11(4-7-12)5-8-13-9-16-14(15)18-13/h3-4,6-7,9-10H,5,8H2,1-2H3,(H2,15,16). The lowest BCUT2D eigenvalue weighted by molar-refractivity contribution is 0.242. The molecule has 0 atom stereocenters. The summed E-state index contributed by atoms with van der Waals surface area (Å²) in [6, 6.07) is 8.27. The second-order valence-electron chi connectivity index (χ2n) is 4.48. The number of hydrogen-bond acceptors (Lipinski definition) is 4. The van der Waals surface area contributed by atoms with Gasteiger partial charge in [-0.1, -0.05) is 12.1 Å². The van der Waals surface area contributed by atoms with E-state index in [4.69, 9.17) is 10.5 Å². The summed E-state index contributed by atoms with van der Waals surface area (Å²) in [7, 11) is 0. The number of hydrogen-bond donors (Lipinski definition) is 1. The zero-order valence-electron chi connectivity index (χ0n) is 10.7. The van der Waals surface area contributed by atoms with E-state index in [0.717, 1.165) is 18.6 Å². The number of nitrogens with two attached hydrogens (primary N) is 1. The van der Waals surface area contributed by atoms with E-state index in [1.807, 2.05) is 32.2 Å². The average molecular weight is 262 g/mol. The molecule has 0 amide bonds. The van der Waals surface area contributed by atoms with Gasteiger partial charge in [0.25, 0.3) is 0 Å². The first-order chi connectivity index (χ1) is 8.63. The van der Waals surface area contributed by atoms with Crippen molar-refractivity contribution in [3.63, 3.8) is 0 Å². The lowest BCUT2D eigenvalue weighted by Crippen LogP contribution is -2.05. The van der Waals surface area contributed by atoms with Crippen LogP contribution in [0.3, 0.4) is 0 Å². The highest BCUT2D eigenvalue weighted by Gasteiger charge is 2.01. The topological polar surface area (TPSA) is 48.1 Å². The Bertz CT molecular complexity index is 491. The third kappa shape index (κ3) is 3.74. The number of ether oxygens (including phenoxy) is 1. The second kappa shape index (κ2) is 5.87. The van der Waals surface area contributed by atoms with Crippen LogP contribution in [0.4, 0.5) is 5.13 Å². The van der Waals surface area contributed by atoms with Crippen molar-refractivity contribution in [3.05, 3.63) is 40.9 Å². The van der Waals surface area contributed by atoms with Crippen LogP contribution in [0.15, 0.2) is 30.5 Å². The van der Waals surface area contributed by atoms with Crippen LogP contribution >= 0.6 is 11.3 Å². The van der Waals surface area contributed by atoms with Crippen molar-refractivity contribution >= 4 is 16.5 Å². The molecule has 1 aromatic heterocycles. The van der Waals surface area contributed by atoms with E-state index >= 15 is 0 Å². The van der Waals surface area contributed by atoms with Gasteiger partial charge in [0.2, 0.25) is 0 Å². The highest BCUT2D eigenvalue weighted by Crippen LogP contribution is 2.18. The Hall–Kier alpha value is -1.55. The van der Waals surface area contributed by atoms with Crippen LogP contribution in [0.25, 0.3) is 0 Å². The summed E-state index contributed by atoms with van der Waals surface area (Å²) in [6.45, 7) is 4.06. The molecule has 1 aromatic carbocycles. The molecule has 4 heteroatoms. The molecule has 0 unspecified atom stereocenters. The predicted molar refractivity (Wildman–Crippen MR) is 76.1 cm³/mol. The number of aryl methyl sites for hydroxylation is 2. The van der Waals surface area contributed by atoms with E-state index < -0.39 is 0 Å². The number of anilines is 1. The quantitative estimate of drug-likeness (QED) is 0.899. The van der Waals surface area contributed by atoms with Gasteiger partial charge in [-0.2, -0.15) is 0 Å². The molecular formula is C14H18N2OS. The van der Waals surface area contributed by atoms with Crippen molar-refractivity contribution in [3.8, 4) is 5.75 Å². The van der Waals surface area contributed by atoms with Crippen LogP contribution in [0.5, 0.6) is 5.75 Å². The molecule has 0 radical (unpaired) electrons. The molecule has 2 N–H and O–H groups in total. The number of thiazole rings is 1. The summed E-state index contributed by atoms with van der Waals surface area (Å²) < 4.78 is 5.61. The number of rotatable bonds is 5. The average Bonchev–Trinajstić information content (AvgIpc) is 2.74. The first-order valence-corrected chi connectivity index (χ1v) is 6.91. The maximum absolute atomic E-state index is 5.61. The van der Waals surface area contributed by atoms with E-state index in [1.165, 1.54) is 10.4 Å². The van der Waals surface area contributed by atoms with Crippen molar-refractivity contribution < 1.29 is 4.74 Å². The highest BCUT2D eigenvalue weighted by molar-refractivity contribution is 7.15. The molecule has 96 valence electrons. The fraction of sp³-hybridized carbons (Fsp3) is 0.357. The molecule has 0 spiro atoms. The minimum absolute atomic E-state index is 0.219. The van der Waals surface area contributed by atoms with Gasteiger partial charge < -0.3 is 10.5 Å². The Morgan fingerprint density at radius 3 is 2.50 bits per heavy atom. The molecule has 2 rings (SSSR count). The van der Waals surface area contributed by atoms with E-state index in [-0.39, 0.29) is 6.10 Å². The van der Waals surface area contributed by atoms with Crippen molar-refractivity contribution in [1.29, 1.82) is 0 Å². The lowest BCUT2D eigenvalue weighted by atomic mass is 10.1. The molecule has 0 fully saturated rings. The third-order valence-electron chi connectivity index (χ3n) is 2.53. The van der Waals surface area contributed by atoms with Gasteiger partial charge in [-0.25, -0.2) is 4.98 Å². The fourth-order valence-electron chi connectivity index (χ4n) is 1.71. The normalized spacial score (nSPS) is 10.8. The van der Waals surface area contributed by atoms with Crippen LogP contribution in [0.2, 0.25) is 0 Å². The Balaban J connectivity index is 1.90. The molecule has 18 heavy (non-hydrogen) atoms. The summed E-state index contributed by atoms with van der Waals surface area (Å²) in [4.78, 5) is 5.28. The largest absolute Gasteiger partial charge is 0.491 e. The molecule has 0 saturated carbocycles. The van der Waals surface area contributed by atoms with E-state index in [2.05, 4.69) is 17.1 Å². The van der Waals surface area contributed by atoms with Crippen LogP contribution in [0.1, 0.15) is 24.3 Å². The summed E-state index contributed by atoms with van der Waals surface area (Å²) in [6.07, 6.45) is 4.06. The number of benzene rings is 1. The molecule has 0 aliphatic carbocycles. The van der Waals surface area contributed by atoms with Gasteiger partial charge in [-0.05, 0) is 44.4 Å². The molecule has 3 nitrogen and oxygen atoms in total. The molecule has 0 bridgehead atoms. The van der Waals surface area contributed by atoms with E-state index in [9.17, 15) is 0 Å². The van der Waals surface area contributed by atoms with Gasteiger partial charge in [-0.15, -0.1) is 11.3 Å². The predicted octanol–water partition coefficient (Wildman–Crippen LogP) is 3.30. The van der Waals surface area contributed by atoms with Gasteiger partial charge in [0.1, 0.15) is 5.75 Å². The smallest absolute Gasteiger partial charge is 0.180 e. The lowest BCUT2D eigenvalue weighted by Gasteiger charge is -2.09. The molecule has 0 saturated heterocycles. The maximum Gasteiger partial charge on any atom is 0.180 e. The van der Waals surface area contributed by atoms with Crippen LogP contribution < -0.4 is 10.5 Å². The molecule has 0 aliphatic heterocycles.